The van der Waals surface area contributed by atoms with E-state index >= 15 is 0 Å². The Kier molecular flexibility index (Phi) is 3.99. The second-order valence-electron chi connectivity index (χ2n) is 3.87. The van der Waals surface area contributed by atoms with Crippen molar-refractivity contribution < 1.29 is 21.2 Å². The van der Waals surface area contributed by atoms with Crippen molar-refractivity contribution in [3.63, 3.8) is 0 Å². The molecule has 0 heterocycles. The Balaban J connectivity index is 2.16. The van der Waals surface area contributed by atoms with Crippen molar-refractivity contribution in [3.05, 3.63) is 66.8 Å². The Morgan fingerprint density at radius 2 is 1.69 bits per heavy atom. The van der Waals surface area contributed by atoms with Gasteiger partial charge in [0.05, 0.1) is 0 Å². The molecule has 0 aromatic heterocycles. The molecule has 0 aliphatic rings. The molecular formula is C15H16I-. The predicted octanol–water partition coefficient (Wildman–Crippen LogP) is 0.686. The Labute approximate surface area is 108 Å². The molecule has 0 unspecified atom stereocenters. The fourth-order valence-corrected chi connectivity index (χ4v) is 3.92. The Bertz CT molecular complexity index is 457. The molecule has 0 aliphatic carbocycles. The van der Waals surface area contributed by atoms with E-state index in [0.717, 1.165) is 6.42 Å². The summed E-state index contributed by atoms with van der Waals surface area (Å²) in [5, 5.41) is 0. The zero-order valence-corrected chi connectivity index (χ0v) is 11.9. The molecule has 0 bridgehead atoms. The maximum atomic E-state index is 2.35. The first-order chi connectivity index (χ1) is 7.78. The van der Waals surface area contributed by atoms with Gasteiger partial charge in [0.25, 0.3) is 0 Å². The van der Waals surface area contributed by atoms with Crippen molar-refractivity contribution in [2.24, 2.45) is 0 Å². The molecule has 0 spiro atoms. The summed E-state index contributed by atoms with van der Waals surface area (Å²) in [5.41, 5.74) is 2.79. The Morgan fingerprint density at radius 1 is 0.938 bits per heavy atom. The van der Waals surface area contributed by atoms with Gasteiger partial charge in [-0.3, -0.25) is 0 Å². The summed E-state index contributed by atoms with van der Waals surface area (Å²) in [6, 6.07) is 17.9. The molecule has 2 rings (SSSR count). The molecule has 0 N–H and O–H groups in total. The second kappa shape index (κ2) is 5.48. The van der Waals surface area contributed by atoms with E-state index in [1.54, 1.807) is 0 Å². The molecule has 0 aliphatic heterocycles. The van der Waals surface area contributed by atoms with Crippen molar-refractivity contribution >= 4 is 0 Å². The van der Waals surface area contributed by atoms with Gasteiger partial charge in [-0.1, -0.05) is 0 Å². The van der Waals surface area contributed by atoms with Crippen LogP contribution in [0.1, 0.15) is 18.1 Å². The molecule has 1 heteroatoms. The summed E-state index contributed by atoms with van der Waals surface area (Å²) in [4.78, 5) is 0. The van der Waals surface area contributed by atoms with Crippen LogP contribution in [0.3, 0.4) is 0 Å². The van der Waals surface area contributed by atoms with Gasteiger partial charge in [-0.05, 0) is 0 Å². The molecule has 0 nitrogen and oxygen atoms in total. The van der Waals surface area contributed by atoms with Gasteiger partial charge in [-0.15, -0.1) is 0 Å². The summed E-state index contributed by atoms with van der Waals surface area (Å²) in [6.07, 6.45) is 1.13. The molecule has 2 aromatic rings. The van der Waals surface area contributed by atoms with Gasteiger partial charge in [0, 0.05) is 0 Å². The maximum absolute atomic E-state index is 2.35. The van der Waals surface area contributed by atoms with Gasteiger partial charge in [-0.2, -0.15) is 0 Å². The minimum atomic E-state index is -0.00697. The zero-order chi connectivity index (χ0) is 11.4. The summed E-state index contributed by atoms with van der Waals surface area (Å²) in [7, 11) is 0. The van der Waals surface area contributed by atoms with Crippen molar-refractivity contribution in [2.75, 3.05) is 0 Å². The molecule has 0 radical (unpaired) electrons. The van der Waals surface area contributed by atoms with Crippen molar-refractivity contribution in [3.8, 4) is 0 Å². The minimum absolute atomic E-state index is 0.00697. The van der Waals surface area contributed by atoms with Gasteiger partial charge in [-0.25, -0.2) is 0 Å². The SMILES string of the molecule is CCc1cccc([I-]c2ccc(C)cc2)c1. The molecule has 0 atom stereocenters. The molecule has 0 fully saturated rings. The van der Waals surface area contributed by atoms with Crippen molar-refractivity contribution in [1.29, 1.82) is 0 Å². The van der Waals surface area contributed by atoms with Crippen LogP contribution in [0.5, 0.6) is 0 Å². The first-order valence-corrected chi connectivity index (χ1v) is 7.74. The van der Waals surface area contributed by atoms with Crippen LogP contribution >= 0.6 is 0 Å². The third kappa shape index (κ3) is 3.08. The quantitative estimate of drug-likeness (QED) is 0.729. The van der Waals surface area contributed by atoms with Crippen LogP contribution < -0.4 is 21.2 Å². The van der Waals surface area contributed by atoms with E-state index in [1.165, 1.54) is 18.3 Å². The molecule has 0 amide bonds. The van der Waals surface area contributed by atoms with Gasteiger partial charge in [0.1, 0.15) is 0 Å². The van der Waals surface area contributed by atoms with E-state index < -0.39 is 0 Å². The fraction of sp³-hybridized carbons (Fsp3) is 0.200. The molecule has 84 valence electrons. The Hall–Kier alpha value is -0.830. The molecule has 16 heavy (non-hydrogen) atoms. The van der Waals surface area contributed by atoms with Gasteiger partial charge in [0.2, 0.25) is 0 Å². The van der Waals surface area contributed by atoms with Crippen LogP contribution in [-0.4, -0.2) is 0 Å². The van der Waals surface area contributed by atoms with E-state index in [0.29, 0.717) is 0 Å². The van der Waals surface area contributed by atoms with Crippen LogP contribution in [0.25, 0.3) is 0 Å². The van der Waals surface area contributed by atoms with Crippen LogP contribution in [-0.2, 0) is 6.42 Å². The molecular weight excluding hydrogens is 307 g/mol. The van der Waals surface area contributed by atoms with Crippen LogP contribution in [0.2, 0.25) is 0 Å². The van der Waals surface area contributed by atoms with Gasteiger partial charge in [0.15, 0.2) is 0 Å². The van der Waals surface area contributed by atoms with Crippen molar-refractivity contribution in [2.45, 2.75) is 20.3 Å². The normalized spacial score (nSPS) is 10.6. The fourth-order valence-electron chi connectivity index (χ4n) is 1.54. The van der Waals surface area contributed by atoms with Crippen LogP contribution in [0, 0.1) is 14.1 Å². The van der Waals surface area contributed by atoms with E-state index in [1.807, 2.05) is 0 Å². The van der Waals surface area contributed by atoms with Gasteiger partial charge >= 0.3 is 108 Å². The number of halogens is 1. The Morgan fingerprint density at radius 3 is 2.38 bits per heavy atom. The first-order valence-electron chi connectivity index (χ1n) is 5.58. The van der Waals surface area contributed by atoms with Crippen molar-refractivity contribution in [1.82, 2.24) is 0 Å². The van der Waals surface area contributed by atoms with Gasteiger partial charge < -0.3 is 0 Å². The third-order valence-electron chi connectivity index (χ3n) is 2.53. The topological polar surface area (TPSA) is 0 Å². The number of benzene rings is 2. The molecule has 0 saturated heterocycles. The summed E-state index contributed by atoms with van der Waals surface area (Å²) in [6.45, 7) is 4.35. The van der Waals surface area contributed by atoms with Crippen LogP contribution in [0.4, 0.5) is 0 Å². The standard InChI is InChI=1S/C15H16I/c1-3-13-5-4-6-15(11-13)16-14-9-7-12(2)8-10-14/h4-11H,3H2,1-2H3/q-1. The van der Waals surface area contributed by atoms with E-state index in [-0.39, 0.29) is 21.2 Å². The number of hydrogen-bond donors (Lipinski definition) is 0. The number of hydrogen-bond acceptors (Lipinski definition) is 0. The summed E-state index contributed by atoms with van der Waals surface area (Å²) < 4.78 is 3.01. The monoisotopic (exact) mass is 323 g/mol. The third-order valence-corrected chi connectivity index (χ3v) is 5.16. The first kappa shape index (κ1) is 11.6. The van der Waals surface area contributed by atoms with Crippen LogP contribution in [0.15, 0.2) is 48.5 Å². The predicted molar refractivity (Wildman–Crippen MR) is 64.4 cm³/mol. The average Bonchev–Trinajstić information content (AvgIpc) is 2.32. The number of rotatable bonds is 3. The summed E-state index contributed by atoms with van der Waals surface area (Å²) >= 11 is -0.00697. The van der Waals surface area contributed by atoms with E-state index in [9.17, 15) is 0 Å². The second-order valence-corrected chi connectivity index (χ2v) is 6.90. The molecule has 0 saturated carbocycles. The zero-order valence-electron chi connectivity index (χ0n) is 9.70. The molecule has 2 aromatic carbocycles. The van der Waals surface area contributed by atoms with E-state index in [2.05, 4.69) is 62.4 Å². The van der Waals surface area contributed by atoms with E-state index in [4.69, 9.17) is 0 Å². The number of aryl methyl sites for hydroxylation is 2. The summed E-state index contributed by atoms with van der Waals surface area (Å²) in [5.74, 6) is 0. The average molecular weight is 323 g/mol.